The van der Waals surface area contributed by atoms with E-state index in [1.165, 1.54) is 17.4 Å². The Bertz CT molecular complexity index is 542. The van der Waals surface area contributed by atoms with Crippen LogP contribution in [0, 0.1) is 0 Å². The van der Waals surface area contributed by atoms with Crippen molar-refractivity contribution in [2.75, 3.05) is 0 Å². The second-order valence-corrected chi connectivity index (χ2v) is 5.56. The van der Waals surface area contributed by atoms with Crippen molar-refractivity contribution in [3.05, 3.63) is 56.2 Å². The van der Waals surface area contributed by atoms with Crippen LogP contribution < -0.4 is 5.73 Å². The van der Waals surface area contributed by atoms with Crippen molar-refractivity contribution in [2.45, 2.75) is 12.2 Å². The fourth-order valence-corrected chi connectivity index (χ4v) is 2.82. The largest absolute Gasteiger partial charge is 0.416 e. The molecule has 2 rings (SSSR count). The van der Waals surface area contributed by atoms with E-state index in [4.69, 9.17) is 5.73 Å². The number of hydrogen-bond donors (Lipinski definition) is 1. The smallest absolute Gasteiger partial charge is 0.320 e. The summed E-state index contributed by atoms with van der Waals surface area (Å²) in [4.78, 5) is 0.829. The second kappa shape index (κ2) is 6.26. The van der Waals surface area contributed by atoms with Crippen LogP contribution in [0.5, 0.6) is 0 Å². The minimum atomic E-state index is -4.36. The molecule has 2 aromatic rings. The van der Waals surface area contributed by atoms with Crippen molar-refractivity contribution in [1.82, 2.24) is 0 Å². The van der Waals surface area contributed by atoms with E-state index in [0.717, 1.165) is 17.0 Å². The number of rotatable bonds is 2. The molecule has 0 fully saturated rings. The van der Waals surface area contributed by atoms with E-state index in [0.29, 0.717) is 10.0 Å². The van der Waals surface area contributed by atoms with Gasteiger partial charge in [-0.3, -0.25) is 0 Å². The molecule has 0 aliphatic heterocycles. The van der Waals surface area contributed by atoms with Gasteiger partial charge in [0.25, 0.3) is 0 Å². The lowest BCUT2D eigenvalue weighted by Gasteiger charge is -2.15. The topological polar surface area (TPSA) is 26.0 Å². The molecule has 0 aliphatic rings. The number of thiophene rings is 1. The molecule has 1 aromatic heterocycles. The summed E-state index contributed by atoms with van der Waals surface area (Å²) in [6, 6.07) is 6.58. The lowest BCUT2D eigenvalue weighted by atomic mass is 10.0. The van der Waals surface area contributed by atoms with Crippen LogP contribution in [0.4, 0.5) is 13.2 Å². The molecule has 104 valence electrons. The van der Waals surface area contributed by atoms with E-state index in [1.807, 2.05) is 17.5 Å². The van der Waals surface area contributed by atoms with E-state index in [9.17, 15) is 13.2 Å². The number of halogens is 5. The summed E-state index contributed by atoms with van der Waals surface area (Å²) in [7, 11) is 0. The number of nitrogens with two attached hydrogens (primary N) is 1. The normalized spacial score (nSPS) is 12.9. The second-order valence-electron chi connectivity index (χ2n) is 3.73. The third kappa shape index (κ3) is 3.72. The highest BCUT2D eigenvalue weighted by molar-refractivity contribution is 9.10. The molecule has 0 aliphatic carbocycles. The summed E-state index contributed by atoms with van der Waals surface area (Å²) in [5, 5.41) is 1.84. The molecule has 0 saturated heterocycles. The first-order valence-corrected chi connectivity index (χ1v) is 6.72. The highest BCUT2D eigenvalue weighted by Gasteiger charge is 2.31. The maximum absolute atomic E-state index is 12.7. The number of hydrogen-bond acceptors (Lipinski definition) is 2. The Hall–Kier alpha value is -0.560. The molecule has 1 heterocycles. The molecule has 1 aromatic carbocycles. The van der Waals surface area contributed by atoms with Gasteiger partial charge in [0.05, 0.1) is 11.6 Å². The molecule has 0 radical (unpaired) electrons. The van der Waals surface area contributed by atoms with Gasteiger partial charge in [-0.25, -0.2) is 0 Å². The average Bonchev–Trinajstić information content (AvgIpc) is 2.80. The van der Waals surface area contributed by atoms with Crippen LogP contribution in [0.3, 0.4) is 0 Å². The SMILES string of the molecule is Cl.N[C@H](c1cccs1)c1cc(C(F)(F)F)ccc1Br. The van der Waals surface area contributed by atoms with Crippen LogP contribution in [0.25, 0.3) is 0 Å². The zero-order valence-electron chi connectivity index (χ0n) is 9.45. The van der Waals surface area contributed by atoms with Gasteiger partial charge in [0.1, 0.15) is 0 Å². The van der Waals surface area contributed by atoms with E-state index in [-0.39, 0.29) is 12.4 Å². The Morgan fingerprint density at radius 2 is 1.89 bits per heavy atom. The molecule has 1 atom stereocenters. The molecule has 1 nitrogen and oxygen atoms in total. The van der Waals surface area contributed by atoms with Gasteiger partial charge in [0.15, 0.2) is 0 Å². The Morgan fingerprint density at radius 1 is 1.21 bits per heavy atom. The fraction of sp³-hybridized carbons (Fsp3) is 0.167. The number of benzene rings is 1. The van der Waals surface area contributed by atoms with Crippen LogP contribution in [-0.2, 0) is 6.18 Å². The summed E-state index contributed by atoms with van der Waals surface area (Å²) < 4.78 is 38.5. The number of alkyl halides is 3. The molecule has 0 saturated carbocycles. The van der Waals surface area contributed by atoms with Crippen LogP contribution in [-0.4, -0.2) is 0 Å². The van der Waals surface area contributed by atoms with E-state index >= 15 is 0 Å². The molecule has 0 bridgehead atoms. The van der Waals surface area contributed by atoms with Crippen LogP contribution in [0.2, 0.25) is 0 Å². The summed E-state index contributed by atoms with van der Waals surface area (Å²) in [5.74, 6) is 0. The van der Waals surface area contributed by atoms with Gasteiger partial charge >= 0.3 is 6.18 Å². The molecule has 7 heteroatoms. The average molecular weight is 373 g/mol. The predicted octanol–water partition coefficient (Wildman–Crippen LogP) is 5.00. The van der Waals surface area contributed by atoms with Gasteiger partial charge in [-0.05, 0) is 35.2 Å². The molecule has 0 unspecified atom stereocenters. The lowest BCUT2D eigenvalue weighted by molar-refractivity contribution is -0.137. The molecular formula is C12H10BrClF3NS. The minimum Gasteiger partial charge on any atom is -0.320 e. The van der Waals surface area contributed by atoms with Crippen LogP contribution >= 0.6 is 39.7 Å². The van der Waals surface area contributed by atoms with Crippen molar-refractivity contribution < 1.29 is 13.2 Å². The summed E-state index contributed by atoms with van der Waals surface area (Å²) in [5.41, 5.74) is 5.74. The van der Waals surface area contributed by atoms with Crippen molar-refractivity contribution in [3.8, 4) is 0 Å². The first-order chi connectivity index (χ1) is 8.39. The van der Waals surface area contributed by atoms with Gasteiger partial charge in [-0.15, -0.1) is 23.7 Å². The maximum atomic E-state index is 12.7. The van der Waals surface area contributed by atoms with E-state index in [1.54, 1.807) is 0 Å². The molecule has 19 heavy (non-hydrogen) atoms. The predicted molar refractivity (Wildman–Crippen MR) is 76.7 cm³/mol. The van der Waals surface area contributed by atoms with Crippen molar-refractivity contribution >= 4 is 39.7 Å². The maximum Gasteiger partial charge on any atom is 0.416 e. The third-order valence-corrected chi connectivity index (χ3v) is 4.19. The van der Waals surface area contributed by atoms with Crippen molar-refractivity contribution in [2.24, 2.45) is 5.73 Å². The fourth-order valence-electron chi connectivity index (χ4n) is 1.58. The minimum absolute atomic E-state index is 0. The van der Waals surface area contributed by atoms with E-state index < -0.39 is 17.8 Å². The van der Waals surface area contributed by atoms with Crippen molar-refractivity contribution in [3.63, 3.8) is 0 Å². The Balaban J connectivity index is 0.00000180. The first-order valence-electron chi connectivity index (χ1n) is 5.05. The van der Waals surface area contributed by atoms with Crippen LogP contribution in [0.15, 0.2) is 40.2 Å². The first kappa shape index (κ1) is 16.5. The highest BCUT2D eigenvalue weighted by Crippen LogP contribution is 2.35. The van der Waals surface area contributed by atoms with E-state index in [2.05, 4.69) is 15.9 Å². The lowest BCUT2D eigenvalue weighted by Crippen LogP contribution is -2.13. The van der Waals surface area contributed by atoms with Gasteiger partial charge in [0, 0.05) is 9.35 Å². The van der Waals surface area contributed by atoms with Gasteiger partial charge in [-0.2, -0.15) is 13.2 Å². The summed E-state index contributed by atoms with van der Waals surface area (Å²) in [6.45, 7) is 0. The summed E-state index contributed by atoms with van der Waals surface area (Å²) in [6.07, 6.45) is -4.36. The Labute approximate surface area is 127 Å². The Kier molecular flexibility index (Phi) is 5.43. The van der Waals surface area contributed by atoms with Crippen molar-refractivity contribution in [1.29, 1.82) is 0 Å². The highest BCUT2D eigenvalue weighted by atomic mass is 79.9. The molecule has 2 N–H and O–H groups in total. The quantitative estimate of drug-likeness (QED) is 0.789. The van der Waals surface area contributed by atoms with Gasteiger partial charge in [0.2, 0.25) is 0 Å². The summed E-state index contributed by atoms with van der Waals surface area (Å²) >= 11 is 4.66. The van der Waals surface area contributed by atoms with Gasteiger partial charge in [-0.1, -0.05) is 22.0 Å². The van der Waals surface area contributed by atoms with Gasteiger partial charge < -0.3 is 5.73 Å². The molecule has 0 spiro atoms. The van der Waals surface area contributed by atoms with Crippen LogP contribution in [0.1, 0.15) is 22.0 Å². The Morgan fingerprint density at radius 3 is 2.42 bits per heavy atom. The standard InChI is InChI=1S/C12H9BrF3NS.ClH/c13-9-4-3-7(12(14,15)16)6-8(9)11(17)10-2-1-5-18-10;/h1-6,11H,17H2;1H/t11-;/m0./s1. The molecular weight excluding hydrogens is 363 g/mol. The molecule has 0 amide bonds. The zero-order chi connectivity index (χ0) is 13.3. The zero-order valence-corrected chi connectivity index (χ0v) is 12.7. The monoisotopic (exact) mass is 371 g/mol. The third-order valence-electron chi connectivity index (χ3n) is 2.51.